The molecule has 1 N–H and O–H groups in total. The highest BCUT2D eigenvalue weighted by atomic mass is 32.2. The summed E-state index contributed by atoms with van der Waals surface area (Å²) in [6.45, 7) is 7.17. The molecule has 3 rings (SSSR count). The average molecular weight is 424 g/mol. The molecule has 0 bridgehead atoms. The number of hydrogen-bond donors (Lipinski definition) is 1. The van der Waals surface area contributed by atoms with Crippen molar-refractivity contribution in [1.82, 2.24) is 5.32 Å². The summed E-state index contributed by atoms with van der Waals surface area (Å²) in [5.41, 5.74) is 3.32. The molecule has 0 radical (unpaired) electrons. The Morgan fingerprint density at radius 1 is 1.17 bits per heavy atom. The van der Waals surface area contributed by atoms with Crippen LogP contribution in [0.4, 0.5) is 0 Å². The van der Waals surface area contributed by atoms with Gasteiger partial charge in [0.05, 0.1) is 18.1 Å². The number of amidine groups is 1. The Kier molecular flexibility index (Phi) is 8.08. The topological polar surface area (TPSA) is 63.1 Å². The Balaban J connectivity index is 1.59. The van der Waals surface area contributed by atoms with Gasteiger partial charge in [-0.3, -0.25) is 4.79 Å². The number of hydrogen-bond acceptors (Lipinski definition) is 5. The van der Waals surface area contributed by atoms with Gasteiger partial charge >= 0.3 is 0 Å². The van der Waals surface area contributed by atoms with Crippen LogP contribution >= 0.6 is 11.8 Å². The second-order valence-electron chi connectivity index (χ2n) is 7.59. The summed E-state index contributed by atoms with van der Waals surface area (Å²) >= 11 is 1.42. The van der Waals surface area contributed by atoms with Crippen LogP contribution < -0.4 is 10.1 Å². The van der Waals surface area contributed by atoms with E-state index < -0.39 is 0 Å². The van der Waals surface area contributed by atoms with E-state index in [1.165, 1.54) is 17.3 Å². The summed E-state index contributed by atoms with van der Waals surface area (Å²) < 4.78 is 5.81. The van der Waals surface area contributed by atoms with Gasteiger partial charge in [-0.2, -0.15) is 5.10 Å². The number of rotatable bonds is 9. The van der Waals surface area contributed by atoms with Gasteiger partial charge in [0.25, 0.3) is 0 Å². The highest BCUT2D eigenvalue weighted by molar-refractivity contribution is 8.15. The van der Waals surface area contributed by atoms with Crippen LogP contribution in [0.3, 0.4) is 0 Å². The highest BCUT2D eigenvalue weighted by Crippen LogP contribution is 2.24. The molecule has 2 aromatic carbocycles. The Hall–Kier alpha value is -2.60. The Bertz CT molecular complexity index is 907. The molecular weight excluding hydrogens is 394 g/mol. The molecule has 0 spiro atoms. The van der Waals surface area contributed by atoms with Gasteiger partial charge in [0.2, 0.25) is 5.91 Å². The van der Waals surface area contributed by atoms with Gasteiger partial charge in [-0.05, 0) is 42.0 Å². The van der Waals surface area contributed by atoms with Crippen LogP contribution in [0, 0.1) is 0 Å². The number of thioether (sulfide) groups is 1. The van der Waals surface area contributed by atoms with Crippen molar-refractivity contribution in [3.05, 3.63) is 65.2 Å². The number of amides is 1. The summed E-state index contributed by atoms with van der Waals surface area (Å²) in [6, 6.07) is 16.2. The number of benzene rings is 2. The summed E-state index contributed by atoms with van der Waals surface area (Å²) in [6.07, 6.45) is 4.44. The molecule has 158 valence electrons. The normalized spacial score (nSPS) is 17.8. The van der Waals surface area contributed by atoms with Gasteiger partial charge < -0.3 is 10.1 Å². The number of para-hydroxylation sites is 1. The molecule has 1 amide bonds. The Morgan fingerprint density at radius 3 is 2.67 bits per heavy atom. The molecule has 1 heterocycles. The number of carbonyl (C=O) groups excluding carboxylic acids is 1. The van der Waals surface area contributed by atoms with Gasteiger partial charge in [0.1, 0.15) is 5.75 Å². The van der Waals surface area contributed by atoms with Gasteiger partial charge in [-0.1, -0.05) is 75.4 Å². The van der Waals surface area contributed by atoms with Gasteiger partial charge in [-0.15, -0.1) is 5.10 Å². The molecule has 1 fully saturated rings. The maximum Gasteiger partial charge on any atom is 0.239 e. The number of ether oxygens (including phenoxy) is 1. The summed E-state index contributed by atoms with van der Waals surface area (Å²) in [5.74, 6) is 1.27. The van der Waals surface area contributed by atoms with E-state index in [1.54, 1.807) is 6.21 Å². The minimum atomic E-state index is -0.187. The largest absolute Gasteiger partial charge is 0.493 e. The third-order valence-electron chi connectivity index (χ3n) is 4.86. The van der Waals surface area contributed by atoms with Crippen LogP contribution in [0.25, 0.3) is 0 Å². The molecular formula is C24H29N3O2S. The second-order valence-corrected chi connectivity index (χ2v) is 8.78. The molecule has 1 aliphatic heterocycles. The lowest BCUT2D eigenvalue weighted by Crippen LogP contribution is -2.25. The van der Waals surface area contributed by atoms with Crippen molar-refractivity contribution >= 4 is 29.1 Å². The fourth-order valence-corrected chi connectivity index (χ4v) is 3.99. The van der Waals surface area contributed by atoms with Gasteiger partial charge in [0.15, 0.2) is 5.17 Å². The van der Waals surface area contributed by atoms with Crippen molar-refractivity contribution in [3.8, 4) is 5.75 Å². The number of unbranched alkanes of at least 4 members (excludes halogenated alkanes) is 1. The number of carbonyl (C=O) groups is 1. The van der Waals surface area contributed by atoms with Crippen LogP contribution in [0.2, 0.25) is 0 Å². The van der Waals surface area contributed by atoms with E-state index in [0.29, 0.717) is 24.1 Å². The zero-order valence-electron chi connectivity index (χ0n) is 17.8. The minimum Gasteiger partial charge on any atom is -0.493 e. The zero-order chi connectivity index (χ0) is 21.3. The van der Waals surface area contributed by atoms with Crippen molar-refractivity contribution in [1.29, 1.82) is 0 Å². The first-order valence-electron chi connectivity index (χ1n) is 10.5. The van der Waals surface area contributed by atoms with E-state index >= 15 is 0 Å². The van der Waals surface area contributed by atoms with Crippen LogP contribution in [0.15, 0.2) is 58.7 Å². The fraction of sp³-hybridized carbons (Fsp3) is 0.375. The molecule has 0 unspecified atom stereocenters. The first kappa shape index (κ1) is 22.1. The minimum absolute atomic E-state index is 0.0230. The van der Waals surface area contributed by atoms with E-state index in [9.17, 15) is 4.79 Å². The predicted molar refractivity (Wildman–Crippen MR) is 126 cm³/mol. The lowest BCUT2D eigenvalue weighted by Gasteiger charge is -2.08. The maximum atomic E-state index is 12.3. The zero-order valence-corrected chi connectivity index (χ0v) is 18.6. The summed E-state index contributed by atoms with van der Waals surface area (Å²) in [4.78, 5) is 12.3. The van der Waals surface area contributed by atoms with Crippen molar-refractivity contribution < 1.29 is 9.53 Å². The van der Waals surface area contributed by atoms with Crippen LogP contribution in [0.5, 0.6) is 5.75 Å². The SMILES string of the molecule is CCCCOc1ccccc1/C=N\N=C1\NC(=O)[C@H](Cc2ccc(C(C)C)cc2)S1. The monoisotopic (exact) mass is 423 g/mol. The lowest BCUT2D eigenvalue weighted by molar-refractivity contribution is -0.118. The number of nitrogens with one attached hydrogen (secondary N) is 1. The average Bonchev–Trinajstić information content (AvgIpc) is 3.08. The first-order chi connectivity index (χ1) is 14.6. The first-order valence-corrected chi connectivity index (χ1v) is 11.3. The van der Waals surface area contributed by atoms with E-state index in [-0.39, 0.29) is 11.2 Å². The smallest absolute Gasteiger partial charge is 0.239 e. The van der Waals surface area contributed by atoms with E-state index in [2.05, 4.69) is 60.6 Å². The molecule has 30 heavy (non-hydrogen) atoms. The molecule has 0 aromatic heterocycles. The van der Waals surface area contributed by atoms with Crippen molar-refractivity contribution in [2.24, 2.45) is 10.2 Å². The van der Waals surface area contributed by atoms with E-state index in [4.69, 9.17) is 4.74 Å². The quantitative estimate of drug-likeness (QED) is 0.344. The van der Waals surface area contributed by atoms with Gasteiger partial charge in [-0.25, -0.2) is 0 Å². The van der Waals surface area contributed by atoms with E-state index in [0.717, 1.165) is 29.7 Å². The van der Waals surface area contributed by atoms with Crippen molar-refractivity contribution in [2.75, 3.05) is 6.61 Å². The lowest BCUT2D eigenvalue weighted by atomic mass is 10.0. The molecule has 5 nitrogen and oxygen atoms in total. The standard InChI is InChI=1S/C24H29N3O2S/c1-4-5-14-29-21-9-7-6-8-20(21)16-25-27-24-26-23(28)22(30-24)15-18-10-12-19(13-11-18)17(2)3/h6-13,16-17,22H,4-5,14-15H2,1-3H3,(H,26,27,28)/b25-16-/t22-/m0/s1. The van der Waals surface area contributed by atoms with Crippen molar-refractivity contribution in [2.45, 2.75) is 51.2 Å². The van der Waals surface area contributed by atoms with Crippen LogP contribution in [-0.2, 0) is 11.2 Å². The van der Waals surface area contributed by atoms with E-state index in [1.807, 2.05) is 24.3 Å². The van der Waals surface area contributed by atoms with Crippen molar-refractivity contribution in [3.63, 3.8) is 0 Å². The third kappa shape index (κ3) is 6.20. The molecule has 1 atom stereocenters. The Morgan fingerprint density at radius 2 is 1.93 bits per heavy atom. The van der Waals surface area contributed by atoms with Gasteiger partial charge in [0, 0.05) is 5.56 Å². The third-order valence-corrected chi connectivity index (χ3v) is 5.94. The summed E-state index contributed by atoms with van der Waals surface area (Å²) in [7, 11) is 0. The predicted octanol–water partition coefficient (Wildman–Crippen LogP) is 5.15. The molecule has 0 saturated carbocycles. The second kappa shape index (κ2) is 11.0. The highest BCUT2D eigenvalue weighted by Gasteiger charge is 2.30. The molecule has 2 aromatic rings. The van der Waals surface area contributed by atoms with Crippen LogP contribution in [0.1, 0.15) is 56.2 Å². The molecule has 1 saturated heterocycles. The number of nitrogens with zero attached hydrogens (tertiary/aromatic N) is 2. The van der Waals surface area contributed by atoms with Crippen LogP contribution in [-0.4, -0.2) is 29.1 Å². The molecule has 6 heteroatoms. The molecule has 0 aliphatic carbocycles. The fourth-order valence-electron chi connectivity index (χ4n) is 3.03. The maximum absolute atomic E-state index is 12.3. The Labute approximate surface area is 183 Å². The molecule has 1 aliphatic rings. The summed E-state index contributed by atoms with van der Waals surface area (Å²) in [5, 5.41) is 11.5.